The molecule has 1 atom stereocenters. The largest absolute Gasteiger partial charge is 0.497 e. The molecule has 0 heterocycles. The summed E-state index contributed by atoms with van der Waals surface area (Å²) in [4.78, 5) is 11.3. The second kappa shape index (κ2) is 6.57. The summed E-state index contributed by atoms with van der Waals surface area (Å²) in [6.07, 6.45) is 3.03. The van der Waals surface area contributed by atoms with Crippen LogP contribution in [0.4, 0.5) is 0 Å². The van der Waals surface area contributed by atoms with Gasteiger partial charge in [0, 0.05) is 6.04 Å². The molecule has 104 valence electrons. The molecule has 0 saturated heterocycles. The van der Waals surface area contributed by atoms with Crippen molar-refractivity contribution < 1.29 is 14.3 Å². The Morgan fingerprint density at radius 1 is 1.42 bits per heavy atom. The van der Waals surface area contributed by atoms with Crippen LogP contribution in [0.3, 0.4) is 0 Å². The van der Waals surface area contributed by atoms with Gasteiger partial charge in [0.25, 0.3) is 0 Å². The first-order valence-electron chi connectivity index (χ1n) is 6.77. The maximum Gasteiger partial charge on any atom is 0.319 e. The topological polar surface area (TPSA) is 47.6 Å². The number of rotatable bonds is 5. The van der Waals surface area contributed by atoms with Crippen LogP contribution in [-0.4, -0.2) is 32.3 Å². The summed E-state index contributed by atoms with van der Waals surface area (Å²) in [7, 11) is 1.68. The number of hydrogen-bond acceptors (Lipinski definition) is 4. The van der Waals surface area contributed by atoms with Crippen molar-refractivity contribution in [2.75, 3.05) is 20.3 Å². The summed E-state index contributed by atoms with van der Waals surface area (Å²) in [5.74, 6) is 0.712. The number of methoxy groups -OCH3 is 1. The van der Waals surface area contributed by atoms with Crippen molar-refractivity contribution in [1.29, 1.82) is 0 Å². The van der Waals surface area contributed by atoms with Crippen LogP contribution in [0.5, 0.6) is 5.75 Å². The van der Waals surface area contributed by atoms with Crippen molar-refractivity contribution in [2.45, 2.75) is 32.2 Å². The minimum Gasteiger partial charge on any atom is -0.497 e. The second-order valence-corrected chi connectivity index (χ2v) is 4.76. The molecule has 1 aliphatic carbocycles. The van der Waals surface area contributed by atoms with E-state index in [1.165, 1.54) is 11.1 Å². The van der Waals surface area contributed by atoms with E-state index in [4.69, 9.17) is 9.47 Å². The molecule has 2 rings (SSSR count). The Labute approximate surface area is 114 Å². The molecule has 1 aliphatic rings. The van der Waals surface area contributed by atoms with Crippen LogP contribution in [0.2, 0.25) is 0 Å². The molecular formula is C15H21NO3. The van der Waals surface area contributed by atoms with Gasteiger partial charge in [-0.1, -0.05) is 6.07 Å². The molecule has 0 saturated carbocycles. The molecule has 0 radical (unpaired) electrons. The highest BCUT2D eigenvalue weighted by Crippen LogP contribution is 2.25. The monoisotopic (exact) mass is 263 g/mol. The van der Waals surface area contributed by atoms with Crippen molar-refractivity contribution in [1.82, 2.24) is 5.32 Å². The van der Waals surface area contributed by atoms with Crippen molar-refractivity contribution in [3.8, 4) is 5.75 Å². The van der Waals surface area contributed by atoms with Crippen LogP contribution in [-0.2, 0) is 22.4 Å². The molecule has 0 aromatic heterocycles. The predicted molar refractivity (Wildman–Crippen MR) is 73.4 cm³/mol. The van der Waals surface area contributed by atoms with Crippen molar-refractivity contribution in [3.05, 3.63) is 29.3 Å². The zero-order valence-corrected chi connectivity index (χ0v) is 11.6. The lowest BCUT2D eigenvalue weighted by Gasteiger charge is -2.25. The number of nitrogens with one attached hydrogen (secondary N) is 1. The highest BCUT2D eigenvalue weighted by atomic mass is 16.5. The number of benzene rings is 1. The minimum atomic E-state index is -0.182. The smallest absolute Gasteiger partial charge is 0.319 e. The first-order valence-corrected chi connectivity index (χ1v) is 6.77. The van der Waals surface area contributed by atoms with E-state index in [0.717, 1.165) is 25.0 Å². The van der Waals surface area contributed by atoms with Crippen LogP contribution < -0.4 is 10.1 Å². The number of aryl methyl sites for hydroxylation is 1. The third-order valence-electron chi connectivity index (χ3n) is 3.48. The van der Waals surface area contributed by atoms with E-state index in [1.54, 1.807) is 7.11 Å². The summed E-state index contributed by atoms with van der Waals surface area (Å²) >= 11 is 0. The number of esters is 1. The Morgan fingerprint density at radius 2 is 2.26 bits per heavy atom. The Bertz CT molecular complexity index is 445. The normalized spacial score (nSPS) is 17.7. The average molecular weight is 263 g/mol. The van der Waals surface area contributed by atoms with Crippen LogP contribution in [0.1, 0.15) is 24.5 Å². The summed E-state index contributed by atoms with van der Waals surface area (Å²) in [6.45, 7) is 2.55. The molecule has 4 nitrogen and oxygen atoms in total. The zero-order valence-electron chi connectivity index (χ0n) is 11.6. The van der Waals surface area contributed by atoms with Gasteiger partial charge in [-0.05, 0) is 49.4 Å². The van der Waals surface area contributed by atoms with E-state index in [9.17, 15) is 4.79 Å². The van der Waals surface area contributed by atoms with Gasteiger partial charge in [0.1, 0.15) is 5.75 Å². The van der Waals surface area contributed by atoms with E-state index in [1.807, 2.05) is 13.0 Å². The van der Waals surface area contributed by atoms with Crippen molar-refractivity contribution >= 4 is 5.97 Å². The van der Waals surface area contributed by atoms with E-state index in [-0.39, 0.29) is 12.5 Å². The maximum absolute atomic E-state index is 11.3. The lowest BCUT2D eigenvalue weighted by Crippen LogP contribution is -2.38. The first kappa shape index (κ1) is 13.9. The van der Waals surface area contributed by atoms with Gasteiger partial charge in [0.05, 0.1) is 20.3 Å². The van der Waals surface area contributed by atoms with Gasteiger partial charge >= 0.3 is 5.97 Å². The standard InChI is InChI=1S/C15H21NO3/c1-3-19-15(17)10-16-13-6-4-11-5-7-14(18-2)9-12(11)8-13/h5,7,9,13,16H,3-4,6,8,10H2,1-2H3. The highest BCUT2D eigenvalue weighted by Gasteiger charge is 2.19. The van der Waals surface area contributed by atoms with E-state index >= 15 is 0 Å². The molecule has 1 unspecified atom stereocenters. The molecule has 1 N–H and O–H groups in total. The van der Waals surface area contributed by atoms with Gasteiger partial charge in [-0.3, -0.25) is 4.79 Å². The Balaban J connectivity index is 1.91. The Morgan fingerprint density at radius 3 is 3.00 bits per heavy atom. The fourth-order valence-corrected chi connectivity index (χ4v) is 2.47. The van der Waals surface area contributed by atoms with E-state index < -0.39 is 0 Å². The van der Waals surface area contributed by atoms with Gasteiger partial charge in [0.15, 0.2) is 0 Å². The van der Waals surface area contributed by atoms with Crippen LogP contribution >= 0.6 is 0 Å². The number of ether oxygens (including phenoxy) is 2. The molecule has 19 heavy (non-hydrogen) atoms. The quantitative estimate of drug-likeness (QED) is 0.822. The number of carbonyl (C=O) groups is 1. The molecule has 0 bridgehead atoms. The maximum atomic E-state index is 11.3. The number of hydrogen-bond donors (Lipinski definition) is 1. The van der Waals surface area contributed by atoms with Crippen molar-refractivity contribution in [3.63, 3.8) is 0 Å². The van der Waals surface area contributed by atoms with Crippen LogP contribution in [0, 0.1) is 0 Å². The predicted octanol–water partition coefficient (Wildman–Crippen LogP) is 1.71. The third-order valence-corrected chi connectivity index (χ3v) is 3.48. The SMILES string of the molecule is CCOC(=O)CNC1CCc2ccc(OC)cc2C1. The van der Waals surface area contributed by atoms with Crippen molar-refractivity contribution in [2.24, 2.45) is 0 Å². The fraction of sp³-hybridized carbons (Fsp3) is 0.533. The average Bonchev–Trinajstić information content (AvgIpc) is 2.44. The summed E-state index contributed by atoms with van der Waals surface area (Å²) < 4.78 is 10.2. The van der Waals surface area contributed by atoms with Gasteiger partial charge in [-0.15, -0.1) is 0 Å². The second-order valence-electron chi connectivity index (χ2n) is 4.76. The van der Waals surface area contributed by atoms with Gasteiger partial charge in [-0.2, -0.15) is 0 Å². The zero-order chi connectivity index (χ0) is 13.7. The van der Waals surface area contributed by atoms with E-state index in [2.05, 4.69) is 17.4 Å². The minimum absolute atomic E-state index is 0.182. The van der Waals surface area contributed by atoms with Gasteiger partial charge in [-0.25, -0.2) is 0 Å². The Hall–Kier alpha value is -1.55. The molecule has 0 amide bonds. The van der Waals surface area contributed by atoms with Gasteiger partial charge in [0.2, 0.25) is 0 Å². The molecule has 0 spiro atoms. The molecule has 0 fully saturated rings. The van der Waals surface area contributed by atoms with Crippen LogP contribution in [0.15, 0.2) is 18.2 Å². The first-order chi connectivity index (χ1) is 9.22. The molecule has 0 aliphatic heterocycles. The van der Waals surface area contributed by atoms with Gasteiger partial charge < -0.3 is 14.8 Å². The highest BCUT2D eigenvalue weighted by molar-refractivity contribution is 5.71. The summed E-state index contributed by atoms with van der Waals surface area (Å²) in [5.41, 5.74) is 2.70. The molecule has 1 aromatic carbocycles. The molecule has 1 aromatic rings. The lowest BCUT2D eigenvalue weighted by molar-refractivity contribution is -0.142. The fourth-order valence-electron chi connectivity index (χ4n) is 2.47. The number of fused-ring (bicyclic) bond motifs is 1. The lowest BCUT2D eigenvalue weighted by atomic mass is 9.88. The van der Waals surface area contributed by atoms with Crippen LogP contribution in [0.25, 0.3) is 0 Å². The molecular weight excluding hydrogens is 242 g/mol. The third kappa shape index (κ3) is 3.70. The Kier molecular flexibility index (Phi) is 4.80. The molecule has 4 heteroatoms. The summed E-state index contributed by atoms with van der Waals surface area (Å²) in [5, 5.41) is 3.27. The summed E-state index contributed by atoms with van der Waals surface area (Å²) in [6, 6.07) is 6.57. The number of carbonyl (C=O) groups excluding carboxylic acids is 1. The van der Waals surface area contributed by atoms with E-state index in [0.29, 0.717) is 12.6 Å².